The molecule has 0 fully saturated rings. The molecular formula is C6H9O2. The molecule has 0 rings (SSSR count). The van der Waals surface area contributed by atoms with Crippen molar-refractivity contribution in [2.24, 2.45) is 5.92 Å². The average Bonchev–Trinajstić information content (AvgIpc) is 1.67. The summed E-state index contributed by atoms with van der Waals surface area (Å²) in [5.74, 6) is -1.15. The summed E-state index contributed by atoms with van der Waals surface area (Å²) in [5, 5.41) is 8.24. The van der Waals surface area contributed by atoms with Gasteiger partial charge in [-0.3, -0.25) is 4.79 Å². The third-order valence-electron chi connectivity index (χ3n) is 0.911. The van der Waals surface area contributed by atoms with Gasteiger partial charge in [-0.2, -0.15) is 0 Å². The standard InChI is InChI=1S/C6H9O2/c1-3-4-5(2)6(7)8/h1,3,5H,4H2,2H3,(H,7,8). The van der Waals surface area contributed by atoms with Crippen LogP contribution in [-0.4, -0.2) is 11.1 Å². The van der Waals surface area contributed by atoms with Crippen molar-refractivity contribution in [2.45, 2.75) is 13.3 Å². The molecule has 1 radical (unpaired) electrons. The fourth-order valence-electron chi connectivity index (χ4n) is 0.305. The van der Waals surface area contributed by atoms with Crippen molar-refractivity contribution >= 4 is 5.97 Å². The largest absolute Gasteiger partial charge is 0.481 e. The van der Waals surface area contributed by atoms with Crippen LogP contribution in [0.1, 0.15) is 13.3 Å². The predicted molar refractivity (Wildman–Crippen MR) is 30.3 cm³/mol. The summed E-state index contributed by atoms with van der Waals surface area (Å²) >= 11 is 0. The molecule has 2 nitrogen and oxygen atoms in total. The maximum Gasteiger partial charge on any atom is 0.306 e. The molecule has 1 atom stereocenters. The Morgan fingerprint density at radius 2 is 2.50 bits per heavy atom. The summed E-state index contributed by atoms with van der Waals surface area (Å²) in [4.78, 5) is 10.0. The van der Waals surface area contributed by atoms with Crippen LogP contribution < -0.4 is 0 Å². The summed E-state index contributed by atoms with van der Waals surface area (Å²) in [6.45, 7) is 6.60. The van der Waals surface area contributed by atoms with E-state index in [4.69, 9.17) is 11.7 Å². The van der Waals surface area contributed by atoms with E-state index in [-0.39, 0.29) is 5.92 Å². The van der Waals surface area contributed by atoms with Crippen molar-refractivity contribution < 1.29 is 9.90 Å². The Kier molecular flexibility index (Phi) is 2.92. The van der Waals surface area contributed by atoms with Gasteiger partial charge in [0.05, 0.1) is 5.92 Å². The van der Waals surface area contributed by atoms with Crippen molar-refractivity contribution in [3.63, 3.8) is 0 Å². The summed E-state index contributed by atoms with van der Waals surface area (Å²) in [6, 6.07) is 0. The van der Waals surface area contributed by atoms with Crippen LogP contribution in [0.2, 0.25) is 0 Å². The maximum atomic E-state index is 10.0. The van der Waals surface area contributed by atoms with Gasteiger partial charge in [0, 0.05) is 0 Å². The molecule has 0 heterocycles. The Hall–Kier alpha value is -0.790. The first-order chi connectivity index (χ1) is 3.68. The van der Waals surface area contributed by atoms with Crippen molar-refractivity contribution in [2.75, 3.05) is 0 Å². The molecule has 45 valence electrons. The van der Waals surface area contributed by atoms with Crippen LogP contribution in [0.3, 0.4) is 0 Å². The molecule has 0 aromatic carbocycles. The van der Waals surface area contributed by atoms with Crippen LogP contribution in [0, 0.1) is 12.5 Å². The number of allylic oxidation sites excluding steroid dienone is 1. The first-order valence-electron chi connectivity index (χ1n) is 2.44. The second-order valence-corrected chi connectivity index (χ2v) is 1.71. The number of carboxylic acids is 1. The molecule has 2 heteroatoms. The van der Waals surface area contributed by atoms with E-state index in [0.717, 1.165) is 0 Å². The average molecular weight is 113 g/mol. The Morgan fingerprint density at radius 3 is 2.62 bits per heavy atom. The zero-order valence-corrected chi connectivity index (χ0v) is 4.79. The fourth-order valence-corrected chi connectivity index (χ4v) is 0.305. The van der Waals surface area contributed by atoms with E-state index in [1.807, 2.05) is 0 Å². The van der Waals surface area contributed by atoms with Crippen LogP contribution in [-0.2, 0) is 4.79 Å². The van der Waals surface area contributed by atoms with Gasteiger partial charge in [0.25, 0.3) is 0 Å². The highest BCUT2D eigenvalue weighted by molar-refractivity contribution is 5.69. The Bertz CT molecular complexity index is 96.7. The maximum absolute atomic E-state index is 10.0. The normalized spacial score (nSPS) is 12.6. The van der Waals surface area contributed by atoms with Gasteiger partial charge in [-0.25, -0.2) is 0 Å². The molecule has 0 aromatic heterocycles. The highest BCUT2D eigenvalue weighted by Gasteiger charge is 2.06. The zero-order valence-electron chi connectivity index (χ0n) is 4.79. The zero-order chi connectivity index (χ0) is 6.57. The van der Waals surface area contributed by atoms with Gasteiger partial charge in [0.15, 0.2) is 0 Å². The van der Waals surface area contributed by atoms with Gasteiger partial charge in [-0.15, -0.1) is 0 Å². The second kappa shape index (κ2) is 3.24. The molecule has 0 saturated carbocycles. The molecule has 0 aliphatic heterocycles. The first-order valence-corrected chi connectivity index (χ1v) is 2.44. The SMILES string of the molecule is [CH]=CCC(C)C(=O)O. The van der Waals surface area contributed by atoms with E-state index in [1.165, 1.54) is 6.08 Å². The van der Waals surface area contributed by atoms with E-state index in [0.29, 0.717) is 6.42 Å². The highest BCUT2D eigenvalue weighted by atomic mass is 16.4. The molecule has 1 N–H and O–H groups in total. The Labute approximate surface area is 48.8 Å². The predicted octanol–water partition coefficient (Wildman–Crippen LogP) is 1.09. The second-order valence-electron chi connectivity index (χ2n) is 1.71. The molecule has 8 heavy (non-hydrogen) atoms. The number of hydrogen-bond donors (Lipinski definition) is 1. The van der Waals surface area contributed by atoms with Crippen LogP contribution in [0.15, 0.2) is 6.08 Å². The van der Waals surface area contributed by atoms with Crippen LogP contribution in [0.5, 0.6) is 0 Å². The van der Waals surface area contributed by atoms with Gasteiger partial charge in [0.1, 0.15) is 0 Å². The van der Waals surface area contributed by atoms with Crippen molar-refractivity contribution in [1.29, 1.82) is 0 Å². The lowest BCUT2D eigenvalue weighted by Crippen LogP contribution is -2.07. The fraction of sp³-hybridized carbons (Fsp3) is 0.500. The van der Waals surface area contributed by atoms with E-state index in [1.54, 1.807) is 6.92 Å². The van der Waals surface area contributed by atoms with Crippen molar-refractivity contribution in [3.8, 4) is 0 Å². The lowest BCUT2D eigenvalue weighted by Gasteiger charge is -1.97. The lowest BCUT2D eigenvalue weighted by atomic mass is 10.1. The molecule has 0 aliphatic carbocycles. The lowest BCUT2D eigenvalue weighted by molar-refractivity contribution is -0.140. The van der Waals surface area contributed by atoms with Crippen LogP contribution in [0.25, 0.3) is 0 Å². The van der Waals surface area contributed by atoms with E-state index in [9.17, 15) is 4.79 Å². The quantitative estimate of drug-likeness (QED) is 0.594. The first kappa shape index (κ1) is 7.21. The minimum atomic E-state index is -0.799. The van der Waals surface area contributed by atoms with Gasteiger partial charge in [-0.1, -0.05) is 19.6 Å². The number of aliphatic carboxylic acids is 1. The Balaban J connectivity index is 3.46. The number of rotatable bonds is 3. The topological polar surface area (TPSA) is 37.3 Å². The monoisotopic (exact) mass is 113 g/mol. The summed E-state index contributed by atoms with van der Waals surface area (Å²) < 4.78 is 0. The number of hydrogen-bond acceptors (Lipinski definition) is 1. The molecule has 1 unspecified atom stereocenters. The molecule has 0 amide bonds. The smallest absolute Gasteiger partial charge is 0.306 e. The minimum Gasteiger partial charge on any atom is -0.481 e. The molecule has 0 spiro atoms. The van der Waals surface area contributed by atoms with Gasteiger partial charge in [-0.05, 0) is 6.42 Å². The van der Waals surface area contributed by atoms with Crippen LogP contribution >= 0.6 is 0 Å². The van der Waals surface area contributed by atoms with Gasteiger partial charge in [0.2, 0.25) is 0 Å². The summed E-state index contributed by atoms with van der Waals surface area (Å²) in [6.07, 6.45) is 1.80. The minimum absolute atomic E-state index is 0.347. The molecular weight excluding hydrogens is 104 g/mol. The summed E-state index contributed by atoms with van der Waals surface area (Å²) in [5.41, 5.74) is 0. The molecule has 0 bridgehead atoms. The van der Waals surface area contributed by atoms with E-state index < -0.39 is 5.97 Å². The van der Waals surface area contributed by atoms with Gasteiger partial charge >= 0.3 is 5.97 Å². The van der Waals surface area contributed by atoms with Crippen molar-refractivity contribution in [1.82, 2.24) is 0 Å². The molecule has 0 saturated heterocycles. The van der Waals surface area contributed by atoms with E-state index in [2.05, 4.69) is 0 Å². The third kappa shape index (κ3) is 2.39. The van der Waals surface area contributed by atoms with Crippen LogP contribution in [0.4, 0.5) is 0 Å². The van der Waals surface area contributed by atoms with Gasteiger partial charge < -0.3 is 5.11 Å². The van der Waals surface area contributed by atoms with Crippen molar-refractivity contribution in [3.05, 3.63) is 12.7 Å². The third-order valence-corrected chi connectivity index (χ3v) is 0.911. The summed E-state index contributed by atoms with van der Waals surface area (Å²) in [7, 11) is 0. The Morgan fingerprint density at radius 1 is 2.00 bits per heavy atom. The highest BCUT2D eigenvalue weighted by Crippen LogP contribution is 1.99. The molecule has 0 aliphatic rings. The molecule has 0 aromatic rings. The number of carboxylic acid groups (broad SMARTS) is 1. The van der Waals surface area contributed by atoms with E-state index >= 15 is 0 Å². The number of carbonyl (C=O) groups is 1.